The first-order chi connectivity index (χ1) is 9.19. The molecule has 0 unspecified atom stereocenters. The maximum absolute atomic E-state index is 13.4. The van der Waals surface area contributed by atoms with Gasteiger partial charge in [0, 0.05) is 32.5 Å². The molecule has 1 N–H and O–H groups in total. The molecule has 0 aliphatic heterocycles. The van der Waals surface area contributed by atoms with Crippen LogP contribution < -0.4 is 0 Å². The van der Waals surface area contributed by atoms with Crippen molar-refractivity contribution in [1.29, 1.82) is 0 Å². The summed E-state index contributed by atoms with van der Waals surface area (Å²) in [6.45, 7) is -0.166. The van der Waals surface area contributed by atoms with Crippen LogP contribution in [0.4, 0.5) is 8.78 Å². The molecule has 0 radical (unpaired) electrons. The van der Waals surface area contributed by atoms with Crippen LogP contribution in [0.5, 0.6) is 0 Å². The van der Waals surface area contributed by atoms with Crippen molar-refractivity contribution in [2.75, 3.05) is 6.61 Å². The van der Waals surface area contributed by atoms with E-state index in [1.165, 1.54) is 35.2 Å². The Hall–Kier alpha value is -1.35. The van der Waals surface area contributed by atoms with Crippen molar-refractivity contribution >= 4 is 23.1 Å². The monoisotopic (exact) mass is 296 g/mol. The van der Waals surface area contributed by atoms with Gasteiger partial charge in [0.15, 0.2) is 0 Å². The molecule has 0 fully saturated rings. The molecule has 5 heteroatoms. The molecule has 1 nitrogen and oxygen atoms in total. The number of thioether (sulfide) groups is 1. The van der Waals surface area contributed by atoms with Crippen LogP contribution in [0.1, 0.15) is 10.4 Å². The summed E-state index contributed by atoms with van der Waals surface area (Å²) in [6, 6.07) is 5.48. The van der Waals surface area contributed by atoms with Gasteiger partial charge in [-0.15, -0.1) is 23.1 Å². The third-order valence-corrected chi connectivity index (χ3v) is 4.45. The molecule has 0 aliphatic rings. The second-order valence-electron chi connectivity index (χ2n) is 3.63. The quantitative estimate of drug-likeness (QED) is 0.689. The average Bonchev–Trinajstić information content (AvgIpc) is 2.83. The van der Waals surface area contributed by atoms with E-state index in [-0.39, 0.29) is 6.61 Å². The molecule has 2 aromatic rings. The van der Waals surface area contributed by atoms with Gasteiger partial charge in [0.2, 0.25) is 0 Å². The third kappa shape index (κ3) is 4.06. The Kier molecular flexibility index (Phi) is 4.97. The van der Waals surface area contributed by atoms with Crippen molar-refractivity contribution in [1.82, 2.24) is 0 Å². The maximum Gasteiger partial charge on any atom is 0.139 e. The zero-order valence-electron chi connectivity index (χ0n) is 9.82. The molecule has 98 valence electrons. The van der Waals surface area contributed by atoms with Gasteiger partial charge in [0.1, 0.15) is 18.2 Å². The number of benzene rings is 1. The Labute approximate surface area is 118 Å². The van der Waals surface area contributed by atoms with Gasteiger partial charge in [0.05, 0.1) is 0 Å². The summed E-state index contributed by atoms with van der Waals surface area (Å²) in [6.07, 6.45) is 0. The molecule has 19 heavy (non-hydrogen) atoms. The number of rotatable bonds is 3. The highest BCUT2D eigenvalue weighted by Crippen LogP contribution is 2.28. The van der Waals surface area contributed by atoms with Gasteiger partial charge >= 0.3 is 0 Å². The molecule has 1 aromatic carbocycles. The Morgan fingerprint density at radius 2 is 2.11 bits per heavy atom. The van der Waals surface area contributed by atoms with E-state index in [9.17, 15) is 8.78 Å². The van der Waals surface area contributed by atoms with Gasteiger partial charge in [0.25, 0.3) is 0 Å². The average molecular weight is 296 g/mol. The third-order valence-electron chi connectivity index (χ3n) is 2.23. The van der Waals surface area contributed by atoms with Crippen LogP contribution in [0.2, 0.25) is 0 Å². The first-order valence-electron chi connectivity index (χ1n) is 5.44. The smallest absolute Gasteiger partial charge is 0.139 e. The first-order valence-corrected chi connectivity index (χ1v) is 7.30. The topological polar surface area (TPSA) is 20.2 Å². The number of aliphatic hydroxyl groups excluding tert-OH is 1. The highest BCUT2D eigenvalue weighted by atomic mass is 32.2. The number of aliphatic hydroxyl groups is 1. The van der Waals surface area contributed by atoms with Crippen molar-refractivity contribution in [3.8, 4) is 11.8 Å². The fourth-order valence-electron chi connectivity index (χ4n) is 1.40. The van der Waals surface area contributed by atoms with E-state index in [1.54, 1.807) is 0 Å². The lowest BCUT2D eigenvalue weighted by molar-refractivity contribution is 0.350. The maximum atomic E-state index is 13.4. The van der Waals surface area contributed by atoms with E-state index in [0.29, 0.717) is 10.6 Å². The van der Waals surface area contributed by atoms with E-state index < -0.39 is 11.6 Å². The van der Waals surface area contributed by atoms with Crippen molar-refractivity contribution in [3.05, 3.63) is 51.7 Å². The highest BCUT2D eigenvalue weighted by Gasteiger charge is 2.06. The lowest BCUT2D eigenvalue weighted by Crippen LogP contribution is -1.84. The zero-order valence-corrected chi connectivity index (χ0v) is 11.5. The lowest BCUT2D eigenvalue weighted by Gasteiger charge is -2.01. The number of hydrogen-bond donors (Lipinski definition) is 1. The molecule has 1 heterocycles. The molecular weight excluding hydrogens is 286 g/mol. The van der Waals surface area contributed by atoms with Crippen LogP contribution in [-0.2, 0) is 5.75 Å². The Morgan fingerprint density at radius 3 is 2.84 bits per heavy atom. The molecular formula is C14H10F2OS2. The lowest BCUT2D eigenvalue weighted by atomic mass is 10.3. The van der Waals surface area contributed by atoms with Gasteiger partial charge in [-0.25, -0.2) is 8.78 Å². The molecule has 0 bridgehead atoms. The summed E-state index contributed by atoms with van der Waals surface area (Å²) < 4.78 is 26.2. The van der Waals surface area contributed by atoms with E-state index >= 15 is 0 Å². The van der Waals surface area contributed by atoms with E-state index in [4.69, 9.17) is 5.11 Å². The van der Waals surface area contributed by atoms with Gasteiger partial charge in [-0.05, 0) is 18.2 Å². The summed E-state index contributed by atoms with van der Waals surface area (Å²) in [5, 5.41) is 10.5. The van der Waals surface area contributed by atoms with Crippen LogP contribution in [-0.4, -0.2) is 11.7 Å². The van der Waals surface area contributed by atoms with Crippen LogP contribution in [0, 0.1) is 23.5 Å². The van der Waals surface area contributed by atoms with Gasteiger partial charge in [-0.2, -0.15) is 0 Å². The molecule has 0 amide bonds. The predicted molar refractivity (Wildman–Crippen MR) is 74.2 cm³/mol. The van der Waals surface area contributed by atoms with Crippen molar-refractivity contribution in [2.24, 2.45) is 0 Å². The first kappa shape index (κ1) is 14.1. The zero-order chi connectivity index (χ0) is 13.7. The van der Waals surface area contributed by atoms with Gasteiger partial charge < -0.3 is 5.11 Å². The van der Waals surface area contributed by atoms with Crippen LogP contribution in [0.3, 0.4) is 0 Å². The van der Waals surface area contributed by atoms with E-state index in [1.807, 2.05) is 11.4 Å². The van der Waals surface area contributed by atoms with Crippen LogP contribution in [0.15, 0.2) is 34.5 Å². The minimum absolute atomic E-state index is 0.166. The summed E-state index contributed by atoms with van der Waals surface area (Å²) in [7, 11) is 0. The summed E-state index contributed by atoms with van der Waals surface area (Å²) in [5.74, 6) is 4.88. The molecule has 0 saturated heterocycles. The number of hydrogen-bond acceptors (Lipinski definition) is 3. The molecule has 0 spiro atoms. The molecule has 0 atom stereocenters. The summed E-state index contributed by atoms with van der Waals surface area (Å²) in [5.41, 5.74) is 0.842. The summed E-state index contributed by atoms with van der Waals surface area (Å²) >= 11 is 2.84. The summed E-state index contributed by atoms with van der Waals surface area (Å²) in [4.78, 5) is 1.48. The van der Waals surface area contributed by atoms with Gasteiger partial charge in [-0.1, -0.05) is 11.8 Å². The fraction of sp³-hybridized carbons (Fsp3) is 0.143. The molecule has 2 rings (SSSR count). The fourth-order valence-corrected chi connectivity index (χ4v) is 3.20. The predicted octanol–water partition coefficient (Wildman–Crippen LogP) is 3.66. The van der Waals surface area contributed by atoms with Crippen LogP contribution in [0.25, 0.3) is 0 Å². The normalized spacial score (nSPS) is 10.1. The van der Waals surface area contributed by atoms with Crippen molar-refractivity contribution in [2.45, 2.75) is 10.6 Å². The van der Waals surface area contributed by atoms with E-state index in [0.717, 1.165) is 16.5 Å². The SMILES string of the molecule is OCC#Cc1csc(CSc2ccc(F)cc2F)c1. The highest BCUT2D eigenvalue weighted by molar-refractivity contribution is 7.98. The standard InChI is InChI=1S/C14H10F2OS2/c15-11-3-4-14(13(16)7-11)19-9-12-6-10(8-18-12)2-1-5-17/h3-4,6-8,17H,5,9H2. The number of thiophene rings is 1. The Morgan fingerprint density at radius 1 is 1.26 bits per heavy atom. The number of halogens is 2. The largest absolute Gasteiger partial charge is 0.384 e. The minimum Gasteiger partial charge on any atom is -0.384 e. The molecule has 0 aliphatic carbocycles. The Balaban J connectivity index is 2.00. The molecule has 0 saturated carbocycles. The van der Waals surface area contributed by atoms with Crippen molar-refractivity contribution in [3.63, 3.8) is 0 Å². The second kappa shape index (κ2) is 6.71. The minimum atomic E-state index is -0.570. The Bertz CT molecular complexity index is 626. The second-order valence-corrected chi connectivity index (χ2v) is 5.64. The van der Waals surface area contributed by atoms with Gasteiger partial charge in [-0.3, -0.25) is 0 Å². The van der Waals surface area contributed by atoms with E-state index in [2.05, 4.69) is 11.8 Å². The molecule has 1 aromatic heterocycles. The van der Waals surface area contributed by atoms with Crippen molar-refractivity contribution < 1.29 is 13.9 Å². The van der Waals surface area contributed by atoms with Crippen LogP contribution >= 0.6 is 23.1 Å².